The van der Waals surface area contributed by atoms with Crippen LogP contribution >= 0.6 is 11.6 Å². The first kappa shape index (κ1) is 22.1. The van der Waals surface area contributed by atoms with Gasteiger partial charge in [-0.1, -0.05) is 36.2 Å². The number of carboxylic acid groups (broad SMARTS) is 1. The van der Waals surface area contributed by atoms with Gasteiger partial charge in [-0.3, -0.25) is 0 Å². The number of carboxylic acids is 1. The summed E-state index contributed by atoms with van der Waals surface area (Å²) in [5, 5.41) is 9.30. The van der Waals surface area contributed by atoms with Crippen LogP contribution in [0, 0.1) is 11.8 Å². The third-order valence-corrected chi connectivity index (χ3v) is 5.45. The maximum atomic E-state index is 13.0. The van der Waals surface area contributed by atoms with Crippen molar-refractivity contribution in [3.63, 3.8) is 0 Å². The molecule has 1 aliphatic carbocycles. The van der Waals surface area contributed by atoms with Gasteiger partial charge in [-0.2, -0.15) is 0 Å². The third kappa shape index (κ3) is 6.47. The van der Waals surface area contributed by atoms with Crippen LogP contribution in [0.1, 0.15) is 25.7 Å². The van der Waals surface area contributed by atoms with Crippen molar-refractivity contribution >= 4 is 35.0 Å². The molecular formula is C23H26ClNO5. The van der Waals surface area contributed by atoms with Crippen LogP contribution < -0.4 is 4.90 Å². The van der Waals surface area contributed by atoms with Crippen molar-refractivity contribution in [2.45, 2.75) is 25.7 Å². The van der Waals surface area contributed by atoms with Gasteiger partial charge < -0.3 is 14.6 Å². The van der Waals surface area contributed by atoms with E-state index in [-0.39, 0.29) is 12.5 Å². The number of rotatable bonds is 8. The third-order valence-electron chi connectivity index (χ3n) is 5.19. The zero-order chi connectivity index (χ0) is 21.3. The largest absolute Gasteiger partial charge is 0.480 e. The highest BCUT2D eigenvalue weighted by Crippen LogP contribution is 2.31. The molecule has 0 radical (unpaired) electrons. The maximum Gasteiger partial charge on any atom is 0.418 e. The highest BCUT2D eigenvalue weighted by Gasteiger charge is 2.26. The Bertz CT molecular complexity index is 827. The molecule has 0 aromatic heterocycles. The molecule has 160 valence electrons. The Morgan fingerprint density at radius 1 is 0.967 bits per heavy atom. The normalized spacial score (nSPS) is 18.6. The van der Waals surface area contributed by atoms with E-state index in [1.54, 1.807) is 24.3 Å². The molecule has 0 spiro atoms. The minimum absolute atomic E-state index is 0.240. The molecule has 1 saturated carbocycles. The van der Waals surface area contributed by atoms with Crippen molar-refractivity contribution in [2.75, 3.05) is 24.7 Å². The summed E-state index contributed by atoms with van der Waals surface area (Å²) < 4.78 is 10.9. The molecule has 1 N–H and O–H groups in total. The molecule has 3 rings (SSSR count). The molecule has 0 saturated heterocycles. The number of para-hydroxylation sites is 1. The van der Waals surface area contributed by atoms with Crippen molar-refractivity contribution in [1.29, 1.82) is 0 Å². The second kappa shape index (κ2) is 11.0. The molecular weight excluding hydrogens is 406 g/mol. The van der Waals surface area contributed by atoms with E-state index in [4.69, 9.17) is 26.2 Å². The van der Waals surface area contributed by atoms with Gasteiger partial charge in [-0.25, -0.2) is 14.5 Å². The Morgan fingerprint density at radius 2 is 1.60 bits per heavy atom. The van der Waals surface area contributed by atoms with Gasteiger partial charge in [-0.15, -0.1) is 0 Å². The number of hydrogen-bond acceptors (Lipinski definition) is 4. The van der Waals surface area contributed by atoms with E-state index in [1.807, 2.05) is 30.3 Å². The summed E-state index contributed by atoms with van der Waals surface area (Å²) in [7, 11) is 0. The summed E-state index contributed by atoms with van der Waals surface area (Å²) >= 11 is 5.99. The van der Waals surface area contributed by atoms with Crippen LogP contribution in [-0.2, 0) is 14.3 Å². The molecule has 1 amide bonds. The van der Waals surface area contributed by atoms with E-state index < -0.39 is 12.1 Å². The fourth-order valence-electron chi connectivity index (χ4n) is 3.80. The molecule has 0 aliphatic heterocycles. The fourth-order valence-corrected chi connectivity index (χ4v) is 3.92. The number of benzene rings is 2. The number of carbonyl (C=O) groups is 2. The van der Waals surface area contributed by atoms with Crippen LogP contribution in [0.3, 0.4) is 0 Å². The van der Waals surface area contributed by atoms with E-state index in [9.17, 15) is 9.59 Å². The second-order valence-corrected chi connectivity index (χ2v) is 7.97. The van der Waals surface area contributed by atoms with Gasteiger partial charge in [0.05, 0.1) is 24.6 Å². The lowest BCUT2D eigenvalue weighted by Gasteiger charge is -2.29. The first-order valence-corrected chi connectivity index (χ1v) is 10.5. The number of halogens is 1. The highest BCUT2D eigenvalue weighted by molar-refractivity contribution is 6.30. The number of amides is 1. The lowest BCUT2D eigenvalue weighted by atomic mass is 9.82. The molecule has 30 heavy (non-hydrogen) atoms. The molecule has 2 atom stereocenters. The van der Waals surface area contributed by atoms with Crippen LogP contribution in [0.15, 0.2) is 54.6 Å². The number of aliphatic carboxylic acids is 1. The number of anilines is 2. The zero-order valence-corrected chi connectivity index (χ0v) is 17.5. The van der Waals surface area contributed by atoms with E-state index in [0.29, 0.717) is 35.5 Å². The van der Waals surface area contributed by atoms with E-state index in [0.717, 1.165) is 25.7 Å². The van der Waals surface area contributed by atoms with Crippen LogP contribution in [0.5, 0.6) is 0 Å². The smallest absolute Gasteiger partial charge is 0.418 e. The topological polar surface area (TPSA) is 76.1 Å². The molecule has 1 fully saturated rings. The first-order chi connectivity index (χ1) is 14.5. The maximum absolute atomic E-state index is 13.0. The number of nitrogens with zero attached hydrogens (tertiary/aromatic N) is 1. The lowest BCUT2D eigenvalue weighted by molar-refractivity contribution is -0.142. The Morgan fingerprint density at radius 3 is 2.27 bits per heavy atom. The summed E-state index contributed by atoms with van der Waals surface area (Å²) in [5.74, 6) is -0.424. The second-order valence-electron chi connectivity index (χ2n) is 7.53. The molecule has 1 aliphatic rings. The van der Waals surface area contributed by atoms with Crippen LogP contribution in [0.2, 0.25) is 5.02 Å². The minimum Gasteiger partial charge on any atom is -0.480 e. The molecule has 0 bridgehead atoms. The standard InChI is InChI=1S/C23H26ClNO5/c24-19-9-11-21(12-10-19)25(20-7-2-1-3-8-20)23(28)30-15-18-6-4-5-17(13-18)14-29-16-22(26)27/h1-3,7-12,17-18H,4-6,13-16H2,(H,26,27). The predicted molar refractivity (Wildman–Crippen MR) is 115 cm³/mol. The van der Waals surface area contributed by atoms with Crippen LogP contribution in [0.25, 0.3) is 0 Å². The van der Waals surface area contributed by atoms with Crippen molar-refractivity contribution in [2.24, 2.45) is 11.8 Å². The van der Waals surface area contributed by atoms with E-state index in [2.05, 4.69) is 0 Å². The summed E-state index contributed by atoms with van der Waals surface area (Å²) in [6.45, 7) is 0.478. The summed E-state index contributed by atoms with van der Waals surface area (Å²) in [6, 6.07) is 16.4. The van der Waals surface area contributed by atoms with Crippen LogP contribution in [-0.4, -0.2) is 37.0 Å². The van der Waals surface area contributed by atoms with Crippen molar-refractivity contribution in [3.05, 3.63) is 59.6 Å². The quantitative estimate of drug-likeness (QED) is 0.595. The Kier molecular flexibility index (Phi) is 8.11. The Labute approximate surface area is 181 Å². The molecule has 0 heterocycles. The highest BCUT2D eigenvalue weighted by atomic mass is 35.5. The number of hydrogen-bond donors (Lipinski definition) is 1. The fraction of sp³-hybridized carbons (Fsp3) is 0.391. The Balaban J connectivity index is 1.60. The summed E-state index contributed by atoms with van der Waals surface area (Å²) in [4.78, 5) is 25.1. The van der Waals surface area contributed by atoms with Crippen molar-refractivity contribution < 1.29 is 24.2 Å². The lowest BCUT2D eigenvalue weighted by Crippen LogP contribution is -2.30. The monoisotopic (exact) mass is 431 g/mol. The molecule has 2 unspecified atom stereocenters. The minimum atomic E-state index is -0.959. The SMILES string of the molecule is O=C(O)COCC1CCCC(COC(=O)N(c2ccccc2)c2ccc(Cl)cc2)C1. The van der Waals surface area contributed by atoms with Gasteiger partial charge in [0.1, 0.15) is 6.61 Å². The average molecular weight is 432 g/mol. The van der Waals surface area contributed by atoms with Gasteiger partial charge in [0.15, 0.2) is 0 Å². The van der Waals surface area contributed by atoms with E-state index in [1.165, 1.54) is 4.90 Å². The number of ether oxygens (including phenoxy) is 2. The number of carbonyl (C=O) groups excluding carboxylic acids is 1. The van der Waals surface area contributed by atoms with Crippen molar-refractivity contribution in [1.82, 2.24) is 0 Å². The van der Waals surface area contributed by atoms with Gasteiger partial charge in [-0.05, 0) is 67.5 Å². The molecule has 2 aromatic carbocycles. The summed E-state index contributed by atoms with van der Waals surface area (Å²) in [6.07, 6.45) is 3.43. The van der Waals surface area contributed by atoms with E-state index >= 15 is 0 Å². The Hall–Kier alpha value is -2.57. The summed E-state index contributed by atoms with van der Waals surface area (Å²) in [5.41, 5.74) is 1.40. The van der Waals surface area contributed by atoms with Gasteiger partial charge in [0, 0.05) is 5.02 Å². The van der Waals surface area contributed by atoms with Gasteiger partial charge in [0.2, 0.25) is 0 Å². The van der Waals surface area contributed by atoms with Crippen molar-refractivity contribution in [3.8, 4) is 0 Å². The predicted octanol–water partition coefficient (Wildman–Crippen LogP) is 5.52. The molecule has 2 aromatic rings. The molecule has 6 nitrogen and oxygen atoms in total. The average Bonchev–Trinajstić information content (AvgIpc) is 2.75. The van der Waals surface area contributed by atoms with Gasteiger partial charge >= 0.3 is 12.1 Å². The van der Waals surface area contributed by atoms with Crippen LogP contribution in [0.4, 0.5) is 16.2 Å². The zero-order valence-electron chi connectivity index (χ0n) is 16.7. The molecule has 7 heteroatoms. The first-order valence-electron chi connectivity index (χ1n) is 10.1. The van der Waals surface area contributed by atoms with Gasteiger partial charge in [0.25, 0.3) is 0 Å².